The van der Waals surface area contributed by atoms with Gasteiger partial charge in [-0.05, 0) is 37.6 Å². The number of aliphatic imine (C=N–C) groups is 1. The number of carbonyl (C=O) groups is 1. The van der Waals surface area contributed by atoms with E-state index in [1.165, 1.54) is 12.2 Å². The molecule has 1 aliphatic heterocycles. The molecule has 1 heterocycles. The number of dihydropyridines is 1. The molecular weight excluding hydrogens is 312 g/mol. The lowest BCUT2D eigenvalue weighted by Gasteiger charge is -2.21. The molecule has 5 nitrogen and oxygen atoms in total. The molecule has 23 heavy (non-hydrogen) atoms. The van der Waals surface area contributed by atoms with Crippen LogP contribution in [0.1, 0.15) is 12.5 Å². The molecule has 118 valence electrons. The van der Waals surface area contributed by atoms with Crippen LogP contribution in [0, 0.1) is 6.92 Å². The minimum atomic E-state index is -3.62. The van der Waals surface area contributed by atoms with Crippen LogP contribution in [0.4, 0.5) is 5.69 Å². The number of nitrogens with one attached hydrogen (secondary N) is 1. The van der Waals surface area contributed by atoms with Crippen molar-refractivity contribution in [1.82, 2.24) is 0 Å². The molecule has 0 aromatic heterocycles. The van der Waals surface area contributed by atoms with Gasteiger partial charge >= 0.3 is 0 Å². The standard InChI is InChI=1S/C17H16N2O3S/c1-11-3-5-13(6-4-11)19-23(21,22)14-7-8-16-15(10-14)12(2)9-17(20)18-16/h3-10,14,19H,1-2H3. The summed E-state index contributed by atoms with van der Waals surface area (Å²) in [4.78, 5) is 15.3. The van der Waals surface area contributed by atoms with Gasteiger partial charge in [0.25, 0.3) is 5.91 Å². The smallest absolute Gasteiger partial charge is 0.270 e. The first kappa shape index (κ1) is 15.4. The van der Waals surface area contributed by atoms with E-state index >= 15 is 0 Å². The lowest BCUT2D eigenvalue weighted by atomic mass is 9.94. The maximum Gasteiger partial charge on any atom is 0.270 e. The summed E-state index contributed by atoms with van der Waals surface area (Å²) in [6.45, 7) is 3.71. The van der Waals surface area contributed by atoms with Crippen LogP contribution in [-0.2, 0) is 14.8 Å². The molecule has 2 aliphatic rings. The molecule has 0 fully saturated rings. The second-order valence-electron chi connectivity index (χ2n) is 5.58. The fourth-order valence-electron chi connectivity index (χ4n) is 2.47. The minimum absolute atomic E-state index is 0.321. The van der Waals surface area contributed by atoms with Crippen LogP contribution in [0.15, 0.2) is 64.7 Å². The van der Waals surface area contributed by atoms with Gasteiger partial charge < -0.3 is 0 Å². The number of nitrogens with zero attached hydrogens (tertiary/aromatic N) is 1. The topological polar surface area (TPSA) is 75.6 Å². The first-order chi connectivity index (χ1) is 10.8. The fourth-order valence-corrected chi connectivity index (χ4v) is 3.67. The summed E-state index contributed by atoms with van der Waals surface area (Å²) in [5.41, 5.74) is 3.50. The largest absolute Gasteiger partial charge is 0.283 e. The Balaban J connectivity index is 1.89. The van der Waals surface area contributed by atoms with E-state index < -0.39 is 15.3 Å². The van der Waals surface area contributed by atoms with E-state index in [4.69, 9.17) is 0 Å². The van der Waals surface area contributed by atoms with Crippen molar-refractivity contribution in [3.63, 3.8) is 0 Å². The van der Waals surface area contributed by atoms with Crippen LogP contribution in [0.5, 0.6) is 0 Å². The number of fused-ring (bicyclic) bond motifs is 1. The third kappa shape index (κ3) is 3.17. The Morgan fingerprint density at radius 3 is 2.52 bits per heavy atom. The third-order valence-electron chi connectivity index (χ3n) is 3.72. The van der Waals surface area contributed by atoms with E-state index in [0.29, 0.717) is 17.0 Å². The highest BCUT2D eigenvalue weighted by atomic mass is 32.2. The van der Waals surface area contributed by atoms with Gasteiger partial charge in [-0.15, -0.1) is 0 Å². The van der Waals surface area contributed by atoms with Crippen molar-refractivity contribution < 1.29 is 13.2 Å². The molecule has 6 heteroatoms. The van der Waals surface area contributed by atoms with Crippen molar-refractivity contribution in [2.24, 2.45) is 4.99 Å². The van der Waals surface area contributed by atoms with Crippen LogP contribution in [-0.4, -0.2) is 25.3 Å². The Kier molecular flexibility index (Phi) is 3.77. The monoisotopic (exact) mass is 328 g/mol. The molecular formula is C17H16N2O3S. The van der Waals surface area contributed by atoms with E-state index in [9.17, 15) is 13.2 Å². The zero-order valence-electron chi connectivity index (χ0n) is 12.8. The average molecular weight is 328 g/mol. The quantitative estimate of drug-likeness (QED) is 0.926. The summed E-state index contributed by atoms with van der Waals surface area (Å²) in [5.74, 6) is -0.321. The molecule has 1 unspecified atom stereocenters. The predicted octanol–water partition coefficient (Wildman–Crippen LogP) is 2.53. The van der Waals surface area contributed by atoms with Crippen LogP contribution in [0.3, 0.4) is 0 Å². The lowest BCUT2D eigenvalue weighted by molar-refractivity contribution is -0.113. The van der Waals surface area contributed by atoms with Crippen LogP contribution in [0.25, 0.3) is 0 Å². The number of allylic oxidation sites excluding steroid dienone is 3. The van der Waals surface area contributed by atoms with Gasteiger partial charge in [-0.3, -0.25) is 9.52 Å². The maximum absolute atomic E-state index is 12.6. The Morgan fingerprint density at radius 1 is 1.13 bits per heavy atom. The Hall–Kier alpha value is -2.47. The maximum atomic E-state index is 12.6. The van der Waals surface area contributed by atoms with E-state index in [0.717, 1.165) is 11.1 Å². The molecule has 1 aliphatic carbocycles. The van der Waals surface area contributed by atoms with E-state index in [2.05, 4.69) is 9.71 Å². The number of sulfonamides is 1. The number of amides is 1. The van der Waals surface area contributed by atoms with Crippen molar-refractivity contribution in [3.05, 3.63) is 65.3 Å². The molecule has 1 atom stereocenters. The van der Waals surface area contributed by atoms with Crippen LogP contribution in [0.2, 0.25) is 0 Å². The number of anilines is 1. The van der Waals surface area contributed by atoms with Gasteiger partial charge in [0.15, 0.2) is 0 Å². The van der Waals surface area contributed by atoms with Crippen molar-refractivity contribution >= 4 is 27.3 Å². The van der Waals surface area contributed by atoms with Gasteiger partial charge in [0.2, 0.25) is 10.0 Å². The minimum Gasteiger partial charge on any atom is -0.283 e. The van der Waals surface area contributed by atoms with Crippen molar-refractivity contribution in [2.75, 3.05) is 4.72 Å². The van der Waals surface area contributed by atoms with Gasteiger partial charge in [-0.1, -0.05) is 29.8 Å². The van der Waals surface area contributed by atoms with E-state index in [1.54, 1.807) is 31.2 Å². The first-order valence-electron chi connectivity index (χ1n) is 7.15. The first-order valence-corrected chi connectivity index (χ1v) is 8.70. The number of hydrogen-bond acceptors (Lipinski definition) is 3. The SMILES string of the molecule is CC1=CC(=O)N=C2C=CC(S(=O)(=O)Nc3ccc(C)cc3)C=C12. The number of benzene rings is 1. The van der Waals surface area contributed by atoms with Crippen molar-refractivity contribution in [1.29, 1.82) is 0 Å². The summed E-state index contributed by atoms with van der Waals surface area (Å²) < 4.78 is 27.7. The second-order valence-corrected chi connectivity index (χ2v) is 7.42. The summed E-state index contributed by atoms with van der Waals surface area (Å²) in [6.07, 6.45) is 6.15. The molecule has 1 aromatic carbocycles. The summed E-state index contributed by atoms with van der Waals surface area (Å²) in [7, 11) is -3.62. The lowest BCUT2D eigenvalue weighted by Crippen LogP contribution is -2.28. The molecule has 3 rings (SSSR count). The molecule has 1 aromatic rings. The average Bonchev–Trinajstić information content (AvgIpc) is 2.49. The normalized spacial score (nSPS) is 20.3. The highest BCUT2D eigenvalue weighted by Gasteiger charge is 2.27. The van der Waals surface area contributed by atoms with Gasteiger partial charge in [0, 0.05) is 17.3 Å². The van der Waals surface area contributed by atoms with Gasteiger partial charge in [0.05, 0.1) is 5.71 Å². The molecule has 0 radical (unpaired) electrons. The molecule has 0 saturated heterocycles. The Bertz CT molecular complexity index is 888. The van der Waals surface area contributed by atoms with Gasteiger partial charge in [0.1, 0.15) is 5.25 Å². The van der Waals surface area contributed by atoms with Crippen molar-refractivity contribution in [2.45, 2.75) is 19.1 Å². The van der Waals surface area contributed by atoms with E-state index in [1.807, 2.05) is 19.1 Å². The molecule has 0 saturated carbocycles. The molecule has 0 spiro atoms. The predicted molar refractivity (Wildman–Crippen MR) is 90.9 cm³/mol. The summed E-state index contributed by atoms with van der Waals surface area (Å²) in [5, 5.41) is -0.811. The summed E-state index contributed by atoms with van der Waals surface area (Å²) >= 11 is 0. The molecule has 1 amide bonds. The number of carbonyl (C=O) groups excluding carboxylic acids is 1. The number of rotatable bonds is 3. The third-order valence-corrected chi connectivity index (χ3v) is 5.25. The van der Waals surface area contributed by atoms with Gasteiger partial charge in [-0.2, -0.15) is 0 Å². The Morgan fingerprint density at radius 2 is 1.83 bits per heavy atom. The number of hydrogen-bond donors (Lipinski definition) is 1. The van der Waals surface area contributed by atoms with Gasteiger partial charge in [-0.25, -0.2) is 13.4 Å². The highest BCUT2D eigenvalue weighted by Crippen LogP contribution is 2.25. The molecule has 0 bridgehead atoms. The second kappa shape index (κ2) is 5.62. The zero-order valence-corrected chi connectivity index (χ0v) is 13.6. The van der Waals surface area contributed by atoms with Crippen LogP contribution >= 0.6 is 0 Å². The van der Waals surface area contributed by atoms with E-state index in [-0.39, 0.29) is 5.91 Å². The highest BCUT2D eigenvalue weighted by molar-refractivity contribution is 7.93. The van der Waals surface area contributed by atoms with Crippen molar-refractivity contribution in [3.8, 4) is 0 Å². The fraction of sp³-hybridized carbons (Fsp3) is 0.176. The van der Waals surface area contributed by atoms with Crippen LogP contribution < -0.4 is 4.72 Å². The molecule has 1 N–H and O–H groups in total. The summed E-state index contributed by atoms with van der Waals surface area (Å²) in [6, 6.07) is 7.14. The Labute approximate surface area is 135 Å². The zero-order chi connectivity index (χ0) is 16.6. The number of aryl methyl sites for hydroxylation is 1.